The van der Waals surface area contributed by atoms with Crippen molar-refractivity contribution in [3.05, 3.63) is 0 Å². The largest absolute Gasteiger partial charge is 0.382 e. The molecule has 0 saturated carbocycles. The van der Waals surface area contributed by atoms with Crippen LogP contribution in [0.5, 0.6) is 0 Å². The van der Waals surface area contributed by atoms with Gasteiger partial charge in [0.2, 0.25) is 5.96 Å². The summed E-state index contributed by atoms with van der Waals surface area (Å²) in [5, 5.41) is 0. The fourth-order valence-corrected chi connectivity index (χ4v) is 2.77. The van der Waals surface area contributed by atoms with Crippen LogP contribution >= 0.6 is 11.8 Å². The van der Waals surface area contributed by atoms with Crippen LogP contribution in [0.1, 0.15) is 20.3 Å². The summed E-state index contributed by atoms with van der Waals surface area (Å²) >= 11 is 1.98. The Labute approximate surface area is 108 Å². The molecule has 1 unspecified atom stereocenters. The number of hydrogen-bond donors (Lipinski definition) is 2. The number of hydrogen-bond acceptors (Lipinski definition) is 4. The van der Waals surface area contributed by atoms with Crippen LogP contribution in [-0.4, -0.2) is 54.7 Å². The molecule has 0 bridgehead atoms. The lowest BCUT2D eigenvalue weighted by atomic mass is 10.3. The van der Waals surface area contributed by atoms with E-state index in [1.54, 1.807) is 0 Å². The van der Waals surface area contributed by atoms with Crippen molar-refractivity contribution >= 4 is 17.7 Å². The molecule has 0 spiro atoms. The molecule has 1 aliphatic heterocycles. The van der Waals surface area contributed by atoms with E-state index in [1.807, 2.05) is 18.7 Å². The third kappa shape index (κ3) is 5.14. The summed E-state index contributed by atoms with van der Waals surface area (Å²) in [6.45, 7) is 7.52. The predicted molar refractivity (Wildman–Crippen MR) is 74.2 cm³/mol. The van der Waals surface area contributed by atoms with E-state index >= 15 is 0 Å². The molecule has 1 heterocycles. The van der Waals surface area contributed by atoms with E-state index in [1.165, 1.54) is 0 Å². The van der Waals surface area contributed by atoms with Crippen LogP contribution < -0.4 is 11.3 Å². The number of nitrogens with zero attached hydrogens (tertiary/aromatic N) is 2. The van der Waals surface area contributed by atoms with Gasteiger partial charge in [0.25, 0.3) is 0 Å². The van der Waals surface area contributed by atoms with E-state index < -0.39 is 0 Å². The second-order valence-corrected chi connectivity index (χ2v) is 5.17. The number of ether oxygens (including phenoxy) is 1. The molecule has 100 valence electrons. The summed E-state index contributed by atoms with van der Waals surface area (Å²) in [6.07, 6.45) is 0.940. The van der Waals surface area contributed by atoms with Crippen LogP contribution in [0.4, 0.5) is 0 Å². The first-order valence-corrected chi connectivity index (χ1v) is 7.38. The molecular formula is C11H24N4OS. The van der Waals surface area contributed by atoms with E-state index in [0.717, 1.165) is 50.2 Å². The van der Waals surface area contributed by atoms with Crippen molar-refractivity contribution in [3.8, 4) is 0 Å². The summed E-state index contributed by atoms with van der Waals surface area (Å²) in [5.41, 5.74) is 2.72. The number of nitrogens with two attached hydrogens (primary N) is 1. The quantitative estimate of drug-likeness (QED) is 0.250. The highest BCUT2D eigenvalue weighted by molar-refractivity contribution is 7.99. The van der Waals surface area contributed by atoms with Crippen molar-refractivity contribution in [3.63, 3.8) is 0 Å². The summed E-state index contributed by atoms with van der Waals surface area (Å²) in [6, 6.07) is 0.496. The maximum atomic E-state index is 5.55. The number of rotatable bonds is 5. The number of hydrazine groups is 1. The highest BCUT2D eigenvalue weighted by Gasteiger charge is 2.21. The zero-order chi connectivity index (χ0) is 12.5. The van der Waals surface area contributed by atoms with Gasteiger partial charge in [0, 0.05) is 43.9 Å². The van der Waals surface area contributed by atoms with Crippen molar-refractivity contribution in [1.82, 2.24) is 10.3 Å². The minimum atomic E-state index is 0.496. The third-order valence-corrected chi connectivity index (χ3v) is 3.87. The summed E-state index contributed by atoms with van der Waals surface area (Å²) in [5.74, 6) is 8.64. The maximum Gasteiger partial charge on any atom is 0.208 e. The van der Waals surface area contributed by atoms with Gasteiger partial charge in [-0.25, -0.2) is 5.84 Å². The maximum absolute atomic E-state index is 5.55. The van der Waals surface area contributed by atoms with Gasteiger partial charge in [-0.3, -0.25) is 10.4 Å². The van der Waals surface area contributed by atoms with Crippen LogP contribution in [0.2, 0.25) is 0 Å². The standard InChI is InChI=1S/C11H24N4OS/c1-3-16-7-4-5-13-11(14-12)15-6-8-17-9-10(15)2/h10H,3-9,12H2,1-2H3,(H,13,14). The smallest absolute Gasteiger partial charge is 0.208 e. The Morgan fingerprint density at radius 2 is 2.47 bits per heavy atom. The van der Waals surface area contributed by atoms with Gasteiger partial charge in [-0.2, -0.15) is 11.8 Å². The monoisotopic (exact) mass is 260 g/mol. The highest BCUT2D eigenvalue weighted by Crippen LogP contribution is 2.15. The molecule has 1 aliphatic rings. The van der Waals surface area contributed by atoms with Crippen LogP contribution in [0, 0.1) is 0 Å². The second-order valence-electron chi connectivity index (χ2n) is 4.02. The van der Waals surface area contributed by atoms with Crippen molar-refractivity contribution in [2.24, 2.45) is 10.8 Å². The molecule has 0 radical (unpaired) electrons. The molecule has 0 aromatic rings. The minimum Gasteiger partial charge on any atom is -0.382 e. The lowest BCUT2D eigenvalue weighted by molar-refractivity contribution is 0.146. The zero-order valence-corrected chi connectivity index (χ0v) is 11.6. The Morgan fingerprint density at radius 1 is 1.65 bits per heavy atom. The lowest BCUT2D eigenvalue weighted by Crippen LogP contribution is -2.52. The third-order valence-electron chi connectivity index (χ3n) is 2.68. The van der Waals surface area contributed by atoms with Gasteiger partial charge >= 0.3 is 0 Å². The number of thioether (sulfide) groups is 1. The Kier molecular flexibility index (Phi) is 7.39. The summed E-state index contributed by atoms with van der Waals surface area (Å²) < 4.78 is 5.28. The molecule has 17 heavy (non-hydrogen) atoms. The Morgan fingerprint density at radius 3 is 3.12 bits per heavy atom. The number of guanidine groups is 1. The van der Waals surface area contributed by atoms with Gasteiger partial charge in [0.05, 0.1) is 0 Å². The highest BCUT2D eigenvalue weighted by atomic mass is 32.2. The minimum absolute atomic E-state index is 0.496. The fourth-order valence-electron chi connectivity index (χ4n) is 1.76. The molecule has 6 heteroatoms. The SMILES string of the molecule is CCOCCCN=C(NN)N1CCSCC1C. The fraction of sp³-hybridized carbons (Fsp3) is 0.909. The Bertz CT molecular complexity index is 238. The summed E-state index contributed by atoms with van der Waals surface area (Å²) in [7, 11) is 0. The molecule has 0 aromatic carbocycles. The van der Waals surface area contributed by atoms with Gasteiger partial charge in [-0.1, -0.05) is 0 Å². The van der Waals surface area contributed by atoms with E-state index in [4.69, 9.17) is 10.6 Å². The predicted octanol–water partition coefficient (Wildman–Crippen LogP) is 0.670. The van der Waals surface area contributed by atoms with Gasteiger partial charge < -0.3 is 9.64 Å². The molecule has 0 amide bonds. The van der Waals surface area contributed by atoms with E-state index in [0.29, 0.717) is 6.04 Å². The van der Waals surface area contributed by atoms with Crippen molar-refractivity contribution < 1.29 is 4.74 Å². The molecule has 0 aromatic heterocycles. The summed E-state index contributed by atoms with van der Waals surface area (Å²) in [4.78, 5) is 6.75. The van der Waals surface area contributed by atoms with E-state index in [-0.39, 0.29) is 0 Å². The average molecular weight is 260 g/mol. The molecule has 3 N–H and O–H groups in total. The topological polar surface area (TPSA) is 62.9 Å². The molecule has 1 fully saturated rings. The molecule has 1 rings (SSSR count). The van der Waals surface area contributed by atoms with Gasteiger partial charge in [-0.15, -0.1) is 0 Å². The molecule has 5 nitrogen and oxygen atoms in total. The van der Waals surface area contributed by atoms with E-state index in [2.05, 4.69) is 22.2 Å². The first kappa shape index (κ1) is 14.6. The first-order valence-electron chi connectivity index (χ1n) is 6.22. The normalized spacial score (nSPS) is 21.7. The Balaban J connectivity index is 2.37. The van der Waals surface area contributed by atoms with Gasteiger partial charge in [0.15, 0.2) is 0 Å². The zero-order valence-electron chi connectivity index (χ0n) is 10.8. The number of aliphatic imine (C=N–C) groups is 1. The van der Waals surface area contributed by atoms with Crippen LogP contribution in [0.15, 0.2) is 4.99 Å². The van der Waals surface area contributed by atoms with Gasteiger partial charge in [-0.05, 0) is 20.3 Å². The van der Waals surface area contributed by atoms with Crippen LogP contribution in [0.25, 0.3) is 0 Å². The van der Waals surface area contributed by atoms with Crippen molar-refractivity contribution in [2.75, 3.05) is 37.8 Å². The molecule has 1 atom stereocenters. The molecule has 1 saturated heterocycles. The van der Waals surface area contributed by atoms with Crippen molar-refractivity contribution in [2.45, 2.75) is 26.3 Å². The van der Waals surface area contributed by atoms with Crippen LogP contribution in [-0.2, 0) is 4.74 Å². The first-order chi connectivity index (χ1) is 8.29. The van der Waals surface area contributed by atoms with E-state index in [9.17, 15) is 0 Å². The average Bonchev–Trinajstić information content (AvgIpc) is 2.35. The van der Waals surface area contributed by atoms with Crippen molar-refractivity contribution in [1.29, 1.82) is 0 Å². The Hall–Kier alpha value is -0.460. The molecular weight excluding hydrogens is 236 g/mol. The second kappa shape index (κ2) is 8.60. The number of nitrogens with one attached hydrogen (secondary N) is 1. The van der Waals surface area contributed by atoms with Gasteiger partial charge in [0.1, 0.15) is 0 Å². The van der Waals surface area contributed by atoms with Crippen LogP contribution in [0.3, 0.4) is 0 Å². The lowest BCUT2D eigenvalue weighted by Gasteiger charge is -2.35. The molecule has 0 aliphatic carbocycles.